The van der Waals surface area contributed by atoms with E-state index in [4.69, 9.17) is 0 Å². The van der Waals surface area contributed by atoms with Crippen LogP contribution in [0, 0.1) is 0 Å². The molecule has 96 valence electrons. The molecule has 1 N–H and O–H groups in total. The Balaban J connectivity index is 1.91. The molecule has 5 nitrogen and oxygen atoms in total. The quantitative estimate of drug-likeness (QED) is 0.833. The number of rotatable bonds is 5. The molecule has 2 amide bonds. The van der Waals surface area contributed by atoms with E-state index in [-0.39, 0.29) is 18.4 Å². The van der Waals surface area contributed by atoms with Crippen LogP contribution in [0.4, 0.5) is 0 Å². The van der Waals surface area contributed by atoms with Crippen molar-refractivity contribution in [3.63, 3.8) is 0 Å². The van der Waals surface area contributed by atoms with Crippen LogP contribution in [0.3, 0.4) is 0 Å². The molecule has 0 radical (unpaired) electrons. The summed E-state index contributed by atoms with van der Waals surface area (Å²) in [5.41, 5.74) is 0.784. The minimum absolute atomic E-state index is 0.0939. The first kappa shape index (κ1) is 12.5. The zero-order valence-electron chi connectivity index (χ0n) is 10.4. The molecule has 2 rings (SSSR count). The van der Waals surface area contributed by atoms with Gasteiger partial charge < -0.3 is 10.2 Å². The minimum Gasteiger partial charge on any atom is -0.352 e. The molecule has 5 heteroatoms. The molecule has 0 aliphatic heterocycles. The first-order chi connectivity index (χ1) is 8.65. The van der Waals surface area contributed by atoms with Crippen LogP contribution < -0.4 is 5.32 Å². The highest BCUT2D eigenvalue weighted by molar-refractivity contribution is 5.84. The molecule has 0 unspecified atom stereocenters. The summed E-state index contributed by atoms with van der Waals surface area (Å²) in [4.78, 5) is 28.8. The summed E-state index contributed by atoms with van der Waals surface area (Å²) in [6, 6.07) is 5.85. The molecule has 0 saturated heterocycles. The first-order valence-electron chi connectivity index (χ1n) is 6.10. The van der Waals surface area contributed by atoms with Crippen molar-refractivity contribution in [1.82, 2.24) is 15.2 Å². The van der Waals surface area contributed by atoms with E-state index in [2.05, 4.69) is 10.3 Å². The van der Waals surface area contributed by atoms with Crippen LogP contribution in [-0.2, 0) is 16.1 Å². The molecule has 18 heavy (non-hydrogen) atoms. The Hall–Kier alpha value is -1.91. The molecule has 1 aromatic heterocycles. The van der Waals surface area contributed by atoms with Gasteiger partial charge in [-0.25, -0.2) is 0 Å². The second kappa shape index (κ2) is 5.62. The standard InChI is InChI=1S/C13H17N3O2/c1-10(17)16(8-12-4-2-3-7-14-12)9-13(18)15-11-5-6-11/h2-4,7,11H,5-6,8-9H2,1H3,(H,15,18). The zero-order chi connectivity index (χ0) is 13.0. The van der Waals surface area contributed by atoms with Gasteiger partial charge in [0.1, 0.15) is 0 Å². The molecule has 1 fully saturated rings. The average Bonchev–Trinajstić information content (AvgIpc) is 3.13. The topological polar surface area (TPSA) is 62.3 Å². The fourth-order valence-corrected chi connectivity index (χ4v) is 1.64. The molecular formula is C13H17N3O2. The van der Waals surface area contributed by atoms with Gasteiger partial charge in [0.05, 0.1) is 18.8 Å². The van der Waals surface area contributed by atoms with E-state index in [0.717, 1.165) is 18.5 Å². The van der Waals surface area contributed by atoms with Crippen molar-refractivity contribution in [1.29, 1.82) is 0 Å². The van der Waals surface area contributed by atoms with E-state index >= 15 is 0 Å². The fourth-order valence-electron chi connectivity index (χ4n) is 1.64. The van der Waals surface area contributed by atoms with Gasteiger partial charge in [-0.2, -0.15) is 0 Å². The lowest BCUT2D eigenvalue weighted by atomic mass is 10.3. The molecule has 0 atom stereocenters. The molecule has 1 aliphatic carbocycles. The SMILES string of the molecule is CC(=O)N(CC(=O)NC1CC1)Cc1ccccn1. The number of hydrogen-bond acceptors (Lipinski definition) is 3. The van der Waals surface area contributed by atoms with Crippen LogP contribution in [0.5, 0.6) is 0 Å². The Morgan fingerprint density at radius 2 is 2.22 bits per heavy atom. The Labute approximate surface area is 106 Å². The smallest absolute Gasteiger partial charge is 0.239 e. The van der Waals surface area contributed by atoms with Crippen LogP contribution in [-0.4, -0.2) is 34.3 Å². The van der Waals surface area contributed by atoms with E-state index in [9.17, 15) is 9.59 Å². The Kier molecular flexibility index (Phi) is 3.92. The Morgan fingerprint density at radius 1 is 1.44 bits per heavy atom. The molecule has 0 bridgehead atoms. The molecule has 1 aliphatic rings. The molecule has 1 saturated carbocycles. The van der Waals surface area contributed by atoms with Crippen LogP contribution in [0.1, 0.15) is 25.5 Å². The maximum absolute atomic E-state index is 11.7. The van der Waals surface area contributed by atoms with Crippen molar-refractivity contribution in [3.8, 4) is 0 Å². The van der Waals surface area contributed by atoms with Crippen molar-refractivity contribution in [2.45, 2.75) is 32.4 Å². The number of carbonyl (C=O) groups excluding carboxylic acids is 2. The van der Waals surface area contributed by atoms with Crippen molar-refractivity contribution in [3.05, 3.63) is 30.1 Å². The van der Waals surface area contributed by atoms with Gasteiger partial charge in [0.2, 0.25) is 11.8 Å². The Morgan fingerprint density at radius 3 is 2.78 bits per heavy atom. The van der Waals surface area contributed by atoms with Gasteiger partial charge in [0.15, 0.2) is 0 Å². The third-order valence-electron chi connectivity index (χ3n) is 2.80. The molecule has 0 spiro atoms. The van der Waals surface area contributed by atoms with Crippen LogP contribution >= 0.6 is 0 Å². The number of amides is 2. The number of aromatic nitrogens is 1. The summed E-state index contributed by atoms with van der Waals surface area (Å²) in [7, 11) is 0. The lowest BCUT2D eigenvalue weighted by molar-refractivity contribution is -0.135. The van der Waals surface area contributed by atoms with Crippen molar-refractivity contribution in [2.75, 3.05) is 6.54 Å². The highest BCUT2D eigenvalue weighted by atomic mass is 16.2. The maximum Gasteiger partial charge on any atom is 0.239 e. The maximum atomic E-state index is 11.7. The predicted molar refractivity (Wildman–Crippen MR) is 66.5 cm³/mol. The number of hydrogen-bond donors (Lipinski definition) is 1. The predicted octanol–water partition coefficient (Wildman–Crippen LogP) is 0.709. The third-order valence-corrected chi connectivity index (χ3v) is 2.80. The summed E-state index contributed by atoms with van der Waals surface area (Å²) in [6.07, 6.45) is 3.77. The highest BCUT2D eigenvalue weighted by Crippen LogP contribution is 2.18. The zero-order valence-corrected chi connectivity index (χ0v) is 10.4. The Bertz CT molecular complexity index is 429. The molecule has 1 heterocycles. The second-order valence-electron chi connectivity index (χ2n) is 4.54. The highest BCUT2D eigenvalue weighted by Gasteiger charge is 2.24. The lowest BCUT2D eigenvalue weighted by Crippen LogP contribution is -2.40. The lowest BCUT2D eigenvalue weighted by Gasteiger charge is -2.20. The summed E-state index contributed by atoms with van der Waals surface area (Å²) in [6.45, 7) is 1.93. The van der Waals surface area contributed by atoms with Crippen LogP contribution in [0.25, 0.3) is 0 Å². The van der Waals surface area contributed by atoms with Crippen molar-refractivity contribution in [2.24, 2.45) is 0 Å². The van der Waals surface area contributed by atoms with Gasteiger partial charge in [-0.15, -0.1) is 0 Å². The monoisotopic (exact) mass is 247 g/mol. The van der Waals surface area contributed by atoms with Gasteiger partial charge >= 0.3 is 0 Å². The number of pyridine rings is 1. The van der Waals surface area contributed by atoms with Gasteiger partial charge in [-0.3, -0.25) is 14.6 Å². The third kappa shape index (κ3) is 3.84. The van der Waals surface area contributed by atoms with E-state index in [1.54, 1.807) is 6.20 Å². The van der Waals surface area contributed by atoms with Gasteiger partial charge in [0, 0.05) is 19.2 Å². The van der Waals surface area contributed by atoms with Crippen molar-refractivity contribution < 1.29 is 9.59 Å². The molecular weight excluding hydrogens is 230 g/mol. The minimum atomic E-state index is -0.119. The summed E-state index contributed by atoms with van der Waals surface area (Å²) in [5, 5.41) is 2.87. The summed E-state index contributed by atoms with van der Waals surface area (Å²) >= 11 is 0. The van der Waals surface area contributed by atoms with Gasteiger partial charge in [0.25, 0.3) is 0 Å². The number of carbonyl (C=O) groups is 2. The largest absolute Gasteiger partial charge is 0.352 e. The van der Waals surface area contributed by atoms with E-state index in [1.807, 2.05) is 18.2 Å². The van der Waals surface area contributed by atoms with Gasteiger partial charge in [-0.05, 0) is 25.0 Å². The van der Waals surface area contributed by atoms with Crippen LogP contribution in [0.2, 0.25) is 0 Å². The first-order valence-corrected chi connectivity index (χ1v) is 6.10. The molecule has 0 aromatic carbocycles. The van der Waals surface area contributed by atoms with Gasteiger partial charge in [-0.1, -0.05) is 6.07 Å². The summed E-state index contributed by atoms with van der Waals surface area (Å²) < 4.78 is 0. The molecule has 1 aromatic rings. The number of nitrogens with one attached hydrogen (secondary N) is 1. The van der Waals surface area contributed by atoms with E-state index in [0.29, 0.717) is 12.6 Å². The average molecular weight is 247 g/mol. The fraction of sp³-hybridized carbons (Fsp3) is 0.462. The summed E-state index contributed by atoms with van der Waals surface area (Å²) in [5.74, 6) is -0.213. The normalized spacial score (nSPS) is 14.1. The van der Waals surface area contributed by atoms with E-state index in [1.165, 1.54) is 11.8 Å². The van der Waals surface area contributed by atoms with E-state index < -0.39 is 0 Å². The van der Waals surface area contributed by atoms with Crippen molar-refractivity contribution >= 4 is 11.8 Å². The van der Waals surface area contributed by atoms with Crippen LogP contribution in [0.15, 0.2) is 24.4 Å². The second-order valence-corrected chi connectivity index (χ2v) is 4.54. The number of nitrogens with zero attached hydrogens (tertiary/aromatic N) is 2.